The molecule has 0 spiro atoms. The van der Waals surface area contributed by atoms with Crippen LogP contribution >= 0.6 is 0 Å². The van der Waals surface area contributed by atoms with Crippen molar-refractivity contribution in [3.8, 4) is 5.75 Å². The molecule has 0 radical (unpaired) electrons. The third kappa shape index (κ3) is 3.23. The molecule has 0 amide bonds. The van der Waals surface area contributed by atoms with Crippen molar-refractivity contribution in [2.24, 2.45) is 11.8 Å². The highest BCUT2D eigenvalue weighted by atomic mass is 16.5. The summed E-state index contributed by atoms with van der Waals surface area (Å²) < 4.78 is 11.9. The van der Waals surface area contributed by atoms with Gasteiger partial charge >= 0.3 is 0 Å². The Labute approximate surface area is 135 Å². The summed E-state index contributed by atoms with van der Waals surface area (Å²) in [5, 5.41) is 0. The van der Waals surface area contributed by atoms with Crippen molar-refractivity contribution in [3.63, 3.8) is 0 Å². The number of hydrogen-bond acceptors (Lipinski definition) is 5. The number of pyridine rings is 1. The third-order valence-electron chi connectivity index (χ3n) is 4.81. The van der Waals surface area contributed by atoms with Gasteiger partial charge < -0.3 is 14.5 Å². The summed E-state index contributed by atoms with van der Waals surface area (Å²) in [6, 6.07) is 3.96. The van der Waals surface area contributed by atoms with E-state index < -0.39 is 0 Å². The van der Waals surface area contributed by atoms with Gasteiger partial charge in [-0.25, -0.2) is 4.98 Å². The number of likely N-dealkylation sites (tertiary alicyclic amines) is 1. The molecule has 0 saturated carbocycles. The molecular weight excluding hydrogens is 292 g/mol. The van der Waals surface area contributed by atoms with Crippen LogP contribution in [0.15, 0.2) is 30.9 Å². The molecule has 2 fully saturated rings. The molecule has 6 heteroatoms. The number of aromatic nitrogens is 3. The average molecular weight is 314 g/mol. The van der Waals surface area contributed by atoms with Gasteiger partial charge in [0.25, 0.3) is 0 Å². The maximum atomic E-state index is 5.98. The van der Waals surface area contributed by atoms with Crippen molar-refractivity contribution in [3.05, 3.63) is 42.2 Å². The second-order valence-electron chi connectivity index (χ2n) is 6.51. The number of aryl methyl sites for hydroxylation is 1. The summed E-state index contributed by atoms with van der Waals surface area (Å²) >= 11 is 0. The van der Waals surface area contributed by atoms with Gasteiger partial charge in [-0.3, -0.25) is 9.88 Å². The Kier molecular flexibility index (Phi) is 4.01. The second-order valence-corrected chi connectivity index (χ2v) is 6.51. The molecule has 0 unspecified atom stereocenters. The maximum Gasteiger partial charge on any atom is 0.137 e. The van der Waals surface area contributed by atoms with E-state index in [1.165, 1.54) is 0 Å². The lowest BCUT2D eigenvalue weighted by Gasteiger charge is -2.19. The Hall–Kier alpha value is -1.92. The number of rotatable bonds is 5. The molecular formula is C17H22N4O2. The van der Waals surface area contributed by atoms with Crippen LogP contribution in [0.5, 0.6) is 5.75 Å². The van der Waals surface area contributed by atoms with E-state index in [0.717, 1.165) is 43.4 Å². The summed E-state index contributed by atoms with van der Waals surface area (Å²) in [6.45, 7) is 6.43. The van der Waals surface area contributed by atoms with Crippen LogP contribution in [0.3, 0.4) is 0 Å². The number of hydrogen-bond donors (Lipinski definition) is 1. The van der Waals surface area contributed by atoms with Gasteiger partial charge in [0.15, 0.2) is 0 Å². The van der Waals surface area contributed by atoms with Crippen LogP contribution in [0, 0.1) is 18.8 Å². The Bertz CT molecular complexity index is 629. The molecule has 0 bridgehead atoms. The Morgan fingerprint density at radius 2 is 2.30 bits per heavy atom. The van der Waals surface area contributed by atoms with Gasteiger partial charge in [0.05, 0.1) is 31.8 Å². The van der Waals surface area contributed by atoms with Gasteiger partial charge in [-0.2, -0.15) is 0 Å². The monoisotopic (exact) mass is 314 g/mol. The quantitative estimate of drug-likeness (QED) is 0.909. The van der Waals surface area contributed by atoms with Crippen molar-refractivity contribution in [2.45, 2.75) is 19.6 Å². The van der Waals surface area contributed by atoms with Crippen molar-refractivity contribution >= 4 is 0 Å². The van der Waals surface area contributed by atoms with Crippen LogP contribution in [0.2, 0.25) is 0 Å². The summed E-state index contributed by atoms with van der Waals surface area (Å²) in [5.74, 6) is 1.84. The van der Waals surface area contributed by atoms with Crippen LogP contribution in [-0.4, -0.2) is 52.3 Å². The number of imidazole rings is 1. The van der Waals surface area contributed by atoms with Crippen molar-refractivity contribution < 1.29 is 9.47 Å². The van der Waals surface area contributed by atoms with E-state index in [9.17, 15) is 0 Å². The molecule has 4 heterocycles. The zero-order valence-electron chi connectivity index (χ0n) is 13.3. The fourth-order valence-electron chi connectivity index (χ4n) is 3.54. The summed E-state index contributed by atoms with van der Waals surface area (Å²) in [5.41, 5.74) is 2.16. The molecule has 1 N–H and O–H groups in total. The van der Waals surface area contributed by atoms with Gasteiger partial charge in [-0.05, 0) is 19.1 Å². The zero-order chi connectivity index (χ0) is 15.6. The molecule has 3 atom stereocenters. The van der Waals surface area contributed by atoms with Crippen molar-refractivity contribution in [2.75, 3.05) is 26.3 Å². The number of aromatic amines is 1. The van der Waals surface area contributed by atoms with Crippen molar-refractivity contribution in [1.29, 1.82) is 0 Å². The fourth-order valence-corrected chi connectivity index (χ4v) is 3.54. The highest BCUT2D eigenvalue weighted by Crippen LogP contribution is 2.34. The van der Waals surface area contributed by atoms with Gasteiger partial charge in [-0.15, -0.1) is 0 Å². The topological polar surface area (TPSA) is 63.3 Å². The summed E-state index contributed by atoms with van der Waals surface area (Å²) in [4.78, 5) is 14.0. The predicted octanol–water partition coefficient (Wildman–Crippen LogP) is 1.64. The highest BCUT2D eigenvalue weighted by molar-refractivity contribution is 5.19. The molecule has 2 aromatic heterocycles. The predicted molar refractivity (Wildman–Crippen MR) is 85.1 cm³/mol. The highest BCUT2D eigenvalue weighted by Gasteiger charge is 2.44. The van der Waals surface area contributed by atoms with Crippen molar-refractivity contribution in [1.82, 2.24) is 19.9 Å². The van der Waals surface area contributed by atoms with Crippen LogP contribution in [0.4, 0.5) is 0 Å². The molecule has 2 aliphatic rings. The Morgan fingerprint density at radius 1 is 1.35 bits per heavy atom. The molecule has 6 nitrogen and oxygen atoms in total. The fraction of sp³-hybridized carbons (Fsp3) is 0.529. The lowest BCUT2D eigenvalue weighted by Crippen LogP contribution is -2.26. The lowest BCUT2D eigenvalue weighted by atomic mass is 9.94. The summed E-state index contributed by atoms with van der Waals surface area (Å²) in [7, 11) is 0. The maximum absolute atomic E-state index is 5.98. The van der Waals surface area contributed by atoms with E-state index in [2.05, 4.69) is 19.9 Å². The normalized spacial score (nSPS) is 27.3. The standard InChI is InChI=1S/C17H22N4O2/c1-12-2-3-15(5-19-12)22-9-13-10-23-17-8-21(7-16(13)17)6-14-4-18-11-20-14/h2-5,11,13,16-17H,6-10H2,1H3,(H,18,20)/t13-,16+,17+/m1/s1. The summed E-state index contributed by atoms with van der Waals surface area (Å²) in [6.07, 6.45) is 5.75. The van der Waals surface area contributed by atoms with Crippen LogP contribution in [0.25, 0.3) is 0 Å². The van der Waals surface area contributed by atoms with Crippen LogP contribution in [0.1, 0.15) is 11.4 Å². The van der Waals surface area contributed by atoms with E-state index in [4.69, 9.17) is 9.47 Å². The minimum absolute atomic E-state index is 0.336. The Morgan fingerprint density at radius 3 is 3.09 bits per heavy atom. The first-order chi connectivity index (χ1) is 11.3. The minimum atomic E-state index is 0.336. The van der Waals surface area contributed by atoms with Gasteiger partial charge in [0, 0.05) is 49.1 Å². The lowest BCUT2D eigenvalue weighted by molar-refractivity contribution is 0.0895. The molecule has 2 aliphatic heterocycles. The SMILES string of the molecule is Cc1ccc(OC[C@@H]2CO[C@H]3CN(Cc4cnc[nH]4)C[C@@H]23)cn1. The largest absolute Gasteiger partial charge is 0.492 e. The van der Waals surface area contributed by atoms with Gasteiger partial charge in [-0.1, -0.05) is 0 Å². The zero-order valence-corrected chi connectivity index (χ0v) is 13.3. The average Bonchev–Trinajstić information content (AvgIpc) is 3.25. The third-order valence-corrected chi connectivity index (χ3v) is 4.81. The molecule has 4 rings (SSSR count). The van der Waals surface area contributed by atoms with Crippen LogP contribution < -0.4 is 4.74 Å². The first kappa shape index (κ1) is 14.7. The Balaban J connectivity index is 1.32. The van der Waals surface area contributed by atoms with E-state index in [1.807, 2.05) is 25.3 Å². The van der Waals surface area contributed by atoms with E-state index in [-0.39, 0.29) is 0 Å². The molecule has 0 aliphatic carbocycles. The number of ether oxygens (including phenoxy) is 2. The van der Waals surface area contributed by atoms with Crippen LogP contribution in [-0.2, 0) is 11.3 Å². The van der Waals surface area contributed by atoms with Gasteiger partial charge in [0.1, 0.15) is 5.75 Å². The smallest absolute Gasteiger partial charge is 0.137 e. The first-order valence-corrected chi connectivity index (χ1v) is 8.14. The molecule has 122 valence electrons. The molecule has 23 heavy (non-hydrogen) atoms. The number of nitrogens with zero attached hydrogens (tertiary/aromatic N) is 3. The second kappa shape index (κ2) is 6.29. The van der Waals surface area contributed by atoms with E-state index in [1.54, 1.807) is 12.5 Å². The number of nitrogens with one attached hydrogen (secondary N) is 1. The van der Waals surface area contributed by atoms with E-state index in [0.29, 0.717) is 24.5 Å². The minimum Gasteiger partial charge on any atom is -0.492 e. The molecule has 0 aromatic carbocycles. The van der Waals surface area contributed by atoms with E-state index >= 15 is 0 Å². The first-order valence-electron chi connectivity index (χ1n) is 8.14. The number of fused-ring (bicyclic) bond motifs is 1. The van der Waals surface area contributed by atoms with Gasteiger partial charge in [0.2, 0.25) is 0 Å². The molecule has 2 saturated heterocycles. The number of H-pyrrole nitrogens is 1. The molecule has 2 aromatic rings.